The minimum absolute atomic E-state index is 0.0746. The fourth-order valence-electron chi connectivity index (χ4n) is 3.86. The van der Waals surface area contributed by atoms with Crippen molar-refractivity contribution >= 4 is 11.7 Å². The van der Waals surface area contributed by atoms with Gasteiger partial charge in [0.25, 0.3) is 0 Å². The summed E-state index contributed by atoms with van der Waals surface area (Å²) in [6.45, 7) is 4.88. The first-order valence-electron chi connectivity index (χ1n) is 10.3. The highest BCUT2D eigenvalue weighted by molar-refractivity contribution is 5.91. The van der Waals surface area contributed by atoms with Crippen LogP contribution in [-0.2, 0) is 9.47 Å². The molecule has 0 bridgehead atoms. The van der Waals surface area contributed by atoms with Gasteiger partial charge in [0.1, 0.15) is 17.7 Å². The third kappa shape index (κ3) is 4.97. The third-order valence-electron chi connectivity index (χ3n) is 5.43. The third-order valence-corrected chi connectivity index (χ3v) is 5.43. The molecule has 0 saturated carbocycles. The second-order valence-electron chi connectivity index (χ2n) is 7.86. The molecule has 2 aromatic carbocycles. The van der Waals surface area contributed by atoms with Crippen molar-refractivity contribution in [2.45, 2.75) is 26.1 Å². The number of allylic oxidation sites excluding steroid dienone is 1. The zero-order valence-electron chi connectivity index (χ0n) is 18.5. The van der Waals surface area contributed by atoms with Crippen LogP contribution in [0.1, 0.15) is 40.1 Å². The van der Waals surface area contributed by atoms with Crippen molar-refractivity contribution in [1.82, 2.24) is 4.90 Å². The van der Waals surface area contributed by atoms with Gasteiger partial charge in [-0.15, -0.1) is 0 Å². The molecule has 2 atom stereocenters. The standard InChI is InChI=1S/C24H30N4O4/c1-14-10-16(8-9-17(14)24(30)31-3)22-13-28(12-15(2)32-22)20(23(26)27)11-19(25)18-6-4-5-7-21(18)29/h4-11,15,22,29H,12-13,25-27H2,1-3H3/b19-11-. The number of ether oxygens (including phenoxy) is 2. The van der Waals surface area contributed by atoms with E-state index in [1.165, 1.54) is 7.11 Å². The molecule has 1 aliphatic rings. The van der Waals surface area contributed by atoms with Crippen LogP contribution in [0.4, 0.5) is 0 Å². The number of nitrogens with two attached hydrogens (primary N) is 3. The Kier molecular flexibility index (Phi) is 6.95. The molecule has 0 aliphatic carbocycles. The summed E-state index contributed by atoms with van der Waals surface area (Å²) in [6, 6.07) is 12.3. The normalized spacial score (nSPS) is 18.8. The highest BCUT2D eigenvalue weighted by Crippen LogP contribution is 2.30. The Morgan fingerprint density at radius 2 is 1.88 bits per heavy atom. The van der Waals surface area contributed by atoms with Crippen molar-refractivity contribution in [1.29, 1.82) is 0 Å². The number of phenols is 1. The van der Waals surface area contributed by atoms with Crippen LogP contribution in [-0.4, -0.2) is 42.3 Å². The first-order chi connectivity index (χ1) is 15.2. The van der Waals surface area contributed by atoms with Crippen molar-refractivity contribution in [3.63, 3.8) is 0 Å². The van der Waals surface area contributed by atoms with Crippen LogP contribution in [0.5, 0.6) is 5.75 Å². The summed E-state index contributed by atoms with van der Waals surface area (Å²) in [6.07, 6.45) is 1.30. The summed E-state index contributed by atoms with van der Waals surface area (Å²) in [5.41, 5.74) is 21.9. The summed E-state index contributed by atoms with van der Waals surface area (Å²) in [5.74, 6) is -0.182. The minimum Gasteiger partial charge on any atom is -0.507 e. The van der Waals surface area contributed by atoms with E-state index < -0.39 is 0 Å². The van der Waals surface area contributed by atoms with E-state index >= 15 is 0 Å². The topological polar surface area (TPSA) is 137 Å². The second-order valence-corrected chi connectivity index (χ2v) is 7.86. The Morgan fingerprint density at radius 1 is 1.16 bits per heavy atom. The SMILES string of the molecule is COC(=O)c1ccc(C2CN(C(/C=C(\N)c3ccccc3O)=C(N)N)CC(C)O2)cc1C. The van der Waals surface area contributed by atoms with Crippen LogP contribution in [0.25, 0.3) is 5.70 Å². The van der Waals surface area contributed by atoms with E-state index in [0.29, 0.717) is 35.6 Å². The molecule has 1 heterocycles. The molecular formula is C24H30N4O4. The fourth-order valence-corrected chi connectivity index (χ4v) is 3.86. The molecule has 7 N–H and O–H groups in total. The number of aromatic hydroxyl groups is 1. The van der Waals surface area contributed by atoms with Crippen LogP contribution < -0.4 is 17.2 Å². The van der Waals surface area contributed by atoms with Gasteiger partial charge in [-0.05, 0) is 49.2 Å². The zero-order chi connectivity index (χ0) is 23.4. The Morgan fingerprint density at radius 3 is 2.50 bits per heavy atom. The van der Waals surface area contributed by atoms with Gasteiger partial charge in [-0.2, -0.15) is 0 Å². The number of methoxy groups -OCH3 is 1. The minimum atomic E-state index is -0.375. The van der Waals surface area contributed by atoms with Crippen molar-refractivity contribution < 1.29 is 19.4 Å². The number of aryl methyl sites for hydroxylation is 1. The lowest BCUT2D eigenvalue weighted by atomic mass is 10.00. The number of hydrogen-bond acceptors (Lipinski definition) is 8. The lowest BCUT2D eigenvalue weighted by molar-refractivity contribution is -0.0683. The van der Waals surface area contributed by atoms with E-state index in [4.69, 9.17) is 26.7 Å². The van der Waals surface area contributed by atoms with Gasteiger partial charge in [0.05, 0.1) is 24.5 Å². The highest BCUT2D eigenvalue weighted by atomic mass is 16.5. The molecule has 0 aromatic heterocycles. The van der Waals surface area contributed by atoms with E-state index in [-0.39, 0.29) is 29.7 Å². The van der Waals surface area contributed by atoms with Gasteiger partial charge in [-0.1, -0.05) is 24.3 Å². The van der Waals surface area contributed by atoms with E-state index in [1.54, 1.807) is 36.4 Å². The van der Waals surface area contributed by atoms with E-state index in [1.807, 2.05) is 30.9 Å². The van der Waals surface area contributed by atoms with Crippen molar-refractivity contribution in [3.8, 4) is 5.75 Å². The van der Waals surface area contributed by atoms with E-state index in [0.717, 1.165) is 11.1 Å². The largest absolute Gasteiger partial charge is 0.507 e. The van der Waals surface area contributed by atoms with Gasteiger partial charge in [0.2, 0.25) is 0 Å². The van der Waals surface area contributed by atoms with Gasteiger partial charge in [-0.3, -0.25) is 0 Å². The molecule has 0 radical (unpaired) electrons. The first-order valence-corrected chi connectivity index (χ1v) is 10.3. The van der Waals surface area contributed by atoms with Gasteiger partial charge < -0.3 is 36.7 Å². The first kappa shape index (κ1) is 23.0. The maximum absolute atomic E-state index is 11.9. The van der Waals surface area contributed by atoms with Crippen LogP contribution in [0.2, 0.25) is 0 Å². The zero-order valence-corrected chi connectivity index (χ0v) is 18.5. The number of carbonyl (C=O) groups excluding carboxylic acids is 1. The number of esters is 1. The number of carbonyl (C=O) groups is 1. The lowest BCUT2D eigenvalue weighted by Gasteiger charge is -2.39. The van der Waals surface area contributed by atoms with Crippen LogP contribution in [0.3, 0.4) is 0 Å². The summed E-state index contributed by atoms with van der Waals surface area (Å²) in [5, 5.41) is 10.1. The molecule has 2 unspecified atom stereocenters. The summed E-state index contributed by atoms with van der Waals surface area (Å²) in [4.78, 5) is 13.9. The van der Waals surface area contributed by atoms with Crippen LogP contribution in [0, 0.1) is 6.92 Å². The van der Waals surface area contributed by atoms with E-state index in [9.17, 15) is 9.90 Å². The Balaban J connectivity index is 1.90. The molecule has 0 spiro atoms. The molecule has 2 aromatic rings. The molecule has 1 aliphatic heterocycles. The molecule has 8 nitrogen and oxygen atoms in total. The molecule has 0 amide bonds. The van der Waals surface area contributed by atoms with E-state index in [2.05, 4.69) is 0 Å². The van der Waals surface area contributed by atoms with Crippen LogP contribution >= 0.6 is 0 Å². The number of nitrogens with zero attached hydrogens (tertiary/aromatic N) is 1. The molecule has 32 heavy (non-hydrogen) atoms. The number of phenolic OH excluding ortho intramolecular Hbond substituents is 1. The van der Waals surface area contributed by atoms with Gasteiger partial charge in [0, 0.05) is 24.4 Å². The summed E-state index contributed by atoms with van der Waals surface area (Å²) in [7, 11) is 1.36. The lowest BCUT2D eigenvalue weighted by Crippen LogP contribution is -2.43. The average molecular weight is 439 g/mol. The number of rotatable bonds is 5. The van der Waals surface area contributed by atoms with Crippen molar-refractivity contribution in [2.75, 3.05) is 20.2 Å². The average Bonchev–Trinajstić information content (AvgIpc) is 2.76. The van der Waals surface area contributed by atoms with Gasteiger partial charge in [0.15, 0.2) is 0 Å². The Bertz CT molecular complexity index is 1060. The van der Waals surface area contributed by atoms with Gasteiger partial charge >= 0.3 is 5.97 Å². The smallest absolute Gasteiger partial charge is 0.338 e. The monoisotopic (exact) mass is 438 g/mol. The molecule has 170 valence electrons. The van der Waals surface area contributed by atoms with Crippen LogP contribution in [0.15, 0.2) is 60.1 Å². The predicted octanol–water partition coefficient (Wildman–Crippen LogP) is 2.34. The Labute approximate surface area is 187 Å². The highest BCUT2D eigenvalue weighted by Gasteiger charge is 2.29. The van der Waals surface area contributed by atoms with Gasteiger partial charge in [-0.25, -0.2) is 4.79 Å². The Hall–Kier alpha value is -3.65. The number of para-hydroxylation sites is 1. The quantitative estimate of drug-likeness (QED) is 0.412. The maximum Gasteiger partial charge on any atom is 0.338 e. The summed E-state index contributed by atoms with van der Waals surface area (Å²) >= 11 is 0. The number of morpholine rings is 1. The molecule has 1 fully saturated rings. The van der Waals surface area contributed by atoms with Crippen molar-refractivity contribution in [3.05, 3.63) is 82.3 Å². The molecular weight excluding hydrogens is 408 g/mol. The second kappa shape index (κ2) is 9.65. The molecule has 3 rings (SSSR count). The maximum atomic E-state index is 11.9. The fraction of sp³-hybridized carbons (Fsp3) is 0.292. The number of benzene rings is 2. The van der Waals surface area contributed by atoms with Crippen molar-refractivity contribution in [2.24, 2.45) is 17.2 Å². The summed E-state index contributed by atoms with van der Waals surface area (Å²) < 4.78 is 11.0. The molecule has 8 heteroatoms. The molecule has 1 saturated heterocycles. The number of hydrogen-bond donors (Lipinski definition) is 4. The predicted molar refractivity (Wildman–Crippen MR) is 123 cm³/mol.